The van der Waals surface area contributed by atoms with Crippen LogP contribution in [0.3, 0.4) is 0 Å². The zero-order valence-electron chi connectivity index (χ0n) is 11.3. The molecular formula is C15H21NO2S. The maximum Gasteiger partial charge on any atom is 0.321 e. The van der Waals surface area contributed by atoms with E-state index < -0.39 is 5.97 Å². The molecule has 1 saturated heterocycles. The van der Waals surface area contributed by atoms with Crippen LogP contribution in [0.5, 0.6) is 0 Å². The van der Waals surface area contributed by atoms with Crippen LogP contribution in [-0.2, 0) is 4.79 Å². The van der Waals surface area contributed by atoms with Crippen molar-refractivity contribution in [2.75, 3.05) is 18.8 Å². The highest BCUT2D eigenvalue weighted by molar-refractivity contribution is 7.99. The predicted molar refractivity (Wildman–Crippen MR) is 78.6 cm³/mol. The molecule has 2 rings (SSSR count). The number of benzene rings is 1. The fourth-order valence-electron chi connectivity index (χ4n) is 2.72. The summed E-state index contributed by atoms with van der Waals surface area (Å²) in [5, 5.41) is 9.35. The normalized spacial score (nSPS) is 24.3. The fourth-order valence-corrected chi connectivity index (χ4v) is 3.63. The summed E-state index contributed by atoms with van der Waals surface area (Å²) >= 11 is 1.79. The smallest absolute Gasteiger partial charge is 0.321 e. The number of piperidine rings is 1. The Morgan fingerprint density at radius 2 is 2.16 bits per heavy atom. The van der Waals surface area contributed by atoms with E-state index in [2.05, 4.69) is 24.0 Å². The van der Waals surface area contributed by atoms with E-state index in [1.807, 2.05) is 18.2 Å². The first kappa shape index (κ1) is 14.4. The zero-order chi connectivity index (χ0) is 13.7. The summed E-state index contributed by atoms with van der Waals surface area (Å²) in [7, 11) is 0. The third-order valence-electron chi connectivity index (χ3n) is 3.68. The van der Waals surface area contributed by atoms with E-state index in [9.17, 15) is 9.90 Å². The van der Waals surface area contributed by atoms with Gasteiger partial charge in [-0.1, -0.05) is 25.1 Å². The summed E-state index contributed by atoms with van der Waals surface area (Å²) in [4.78, 5) is 14.7. The van der Waals surface area contributed by atoms with Crippen molar-refractivity contribution in [3.05, 3.63) is 30.3 Å². The monoisotopic (exact) mass is 279 g/mol. The molecule has 3 nitrogen and oxygen atoms in total. The number of carboxylic acids is 1. The van der Waals surface area contributed by atoms with E-state index in [4.69, 9.17) is 0 Å². The largest absolute Gasteiger partial charge is 0.480 e. The summed E-state index contributed by atoms with van der Waals surface area (Å²) in [6.45, 7) is 3.81. The number of likely N-dealkylation sites (tertiary alicyclic amines) is 1. The number of nitrogens with zero attached hydrogens (tertiary/aromatic N) is 1. The van der Waals surface area contributed by atoms with Crippen LogP contribution in [0.4, 0.5) is 0 Å². The number of rotatable bonds is 5. The summed E-state index contributed by atoms with van der Waals surface area (Å²) in [6.07, 6.45) is 2.14. The Kier molecular flexibility index (Phi) is 5.28. The van der Waals surface area contributed by atoms with Crippen LogP contribution >= 0.6 is 11.8 Å². The molecule has 2 unspecified atom stereocenters. The van der Waals surface area contributed by atoms with Crippen molar-refractivity contribution >= 4 is 17.7 Å². The maximum absolute atomic E-state index is 11.4. The number of carboxylic acid groups (broad SMARTS) is 1. The Hall–Kier alpha value is -1.00. The van der Waals surface area contributed by atoms with Gasteiger partial charge in [0.05, 0.1) is 0 Å². The Labute approximate surface area is 119 Å². The number of carbonyl (C=O) groups is 1. The average molecular weight is 279 g/mol. The van der Waals surface area contributed by atoms with Gasteiger partial charge in [0.15, 0.2) is 0 Å². The van der Waals surface area contributed by atoms with Crippen LogP contribution in [0.25, 0.3) is 0 Å². The van der Waals surface area contributed by atoms with Crippen molar-refractivity contribution < 1.29 is 9.90 Å². The molecule has 0 bridgehead atoms. The summed E-state index contributed by atoms with van der Waals surface area (Å²) in [6, 6.07) is 9.97. The molecule has 1 aliphatic heterocycles. The number of aliphatic carboxylic acids is 1. The topological polar surface area (TPSA) is 40.5 Å². The van der Waals surface area contributed by atoms with Gasteiger partial charge in [0.25, 0.3) is 0 Å². The van der Waals surface area contributed by atoms with Gasteiger partial charge in [-0.25, -0.2) is 0 Å². The lowest BCUT2D eigenvalue weighted by atomic mass is 9.91. The lowest BCUT2D eigenvalue weighted by Crippen LogP contribution is -2.49. The number of thioether (sulfide) groups is 1. The van der Waals surface area contributed by atoms with Gasteiger partial charge in [-0.3, -0.25) is 9.69 Å². The quantitative estimate of drug-likeness (QED) is 0.841. The molecule has 0 aromatic heterocycles. The highest BCUT2D eigenvalue weighted by atomic mass is 32.2. The van der Waals surface area contributed by atoms with E-state index in [0.29, 0.717) is 0 Å². The van der Waals surface area contributed by atoms with Crippen molar-refractivity contribution in [3.8, 4) is 0 Å². The Morgan fingerprint density at radius 1 is 1.42 bits per heavy atom. The van der Waals surface area contributed by atoms with Crippen LogP contribution in [0.2, 0.25) is 0 Å². The van der Waals surface area contributed by atoms with Crippen LogP contribution in [0.15, 0.2) is 35.2 Å². The van der Waals surface area contributed by atoms with Crippen LogP contribution in [0, 0.1) is 5.92 Å². The highest BCUT2D eigenvalue weighted by Crippen LogP contribution is 2.25. The molecular weight excluding hydrogens is 258 g/mol. The number of hydrogen-bond acceptors (Lipinski definition) is 3. The van der Waals surface area contributed by atoms with Gasteiger partial charge in [-0.2, -0.15) is 0 Å². The molecule has 104 valence electrons. The van der Waals surface area contributed by atoms with Crippen molar-refractivity contribution in [2.45, 2.75) is 30.7 Å². The van der Waals surface area contributed by atoms with Gasteiger partial charge in [-0.15, -0.1) is 11.8 Å². The Bertz CT molecular complexity index is 410. The van der Waals surface area contributed by atoms with E-state index >= 15 is 0 Å². The molecule has 2 atom stereocenters. The van der Waals surface area contributed by atoms with Crippen molar-refractivity contribution in [1.29, 1.82) is 0 Å². The minimum atomic E-state index is -0.670. The molecule has 0 spiro atoms. The van der Waals surface area contributed by atoms with Gasteiger partial charge in [0.2, 0.25) is 0 Å². The van der Waals surface area contributed by atoms with E-state index in [0.717, 1.165) is 31.7 Å². The lowest BCUT2D eigenvalue weighted by molar-refractivity contribution is -0.146. The van der Waals surface area contributed by atoms with Crippen molar-refractivity contribution in [3.63, 3.8) is 0 Å². The van der Waals surface area contributed by atoms with E-state index in [1.165, 1.54) is 4.90 Å². The predicted octanol–water partition coefficient (Wildman–Crippen LogP) is 2.96. The van der Waals surface area contributed by atoms with E-state index in [-0.39, 0.29) is 12.0 Å². The first-order valence-corrected chi connectivity index (χ1v) is 7.82. The summed E-state index contributed by atoms with van der Waals surface area (Å²) in [5.41, 5.74) is 0. The second-order valence-corrected chi connectivity index (χ2v) is 6.27. The first-order chi connectivity index (χ1) is 9.18. The van der Waals surface area contributed by atoms with Crippen LogP contribution in [0.1, 0.15) is 19.8 Å². The minimum absolute atomic E-state index is 0.257. The van der Waals surface area contributed by atoms with Gasteiger partial charge >= 0.3 is 5.97 Å². The molecule has 4 heteroatoms. The molecule has 1 heterocycles. The van der Waals surface area contributed by atoms with Crippen molar-refractivity contribution in [1.82, 2.24) is 4.90 Å². The lowest BCUT2D eigenvalue weighted by Gasteiger charge is -2.37. The highest BCUT2D eigenvalue weighted by Gasteiger charge is 2.33. The molecule has 1 aliphatic rings. The molecule has 0 radical (unpaired) electrons. The summed E-state index contributed by atoms with van der Waals surface area (Å²) < 4.78 is 0. The van der Waals surface area contributed by atoms with Gasteiger partial charge < -0.3 is 5.11 Å². The third kappa shape index (κ3) is 3.98. The van der Waals surface area contributed by atoms with Gasteiger partial charge in [0.1, 0.15) is 6.04 Å². The Morgan fingerprint density at radius 3 is 2.84 bits per heavy atom. The SMILES string of the molecule is CC1CCCN(CCSc2ccccc2)C1C(=O)O. The second kappa shape index (κ2) is 6.96. The second-order valence-electron chi connectivity index (χ2n) is 5.10. The third-order valence-corrected chi connectivity index (χ3v) is 4.67. The molecule has 0 saturated carbocycles. The number of hydrogen-bond donors (Lipinski definition) is 1. The van der Waals surface area contributed by atoms with Crippen molar-refractivity contribution in [2.24, 2.45) is 5.92 Å². The van der Waals surface area contributed by atoms with Crippen LogP contribution < -0.4 is 0 Å². The standard InChI is InChI=1S/C15H21NO2S/c1-12-6-5-9-16(14(12)15(17)18)10-11-19-13-7-3-2-4-8-13/h2-4,7-8,12,14H,5-6,9-11H2,1H3,(H,17,18). The molecule has 0 amide bonds. The van der Waals surface area contributed by atoms with Gasteiger partial charge in [0, 0.05) is 17.2 Å². The summed E-state index contributed by atoms with van der Waals surface area (Å²) in [5.74, 6) is 0.533. The average Bonchev–Trinajstić information content (AvgIpc) is 2.39. The van der Waals surface area contributed by atoms with Crippen LogP contribution in [-0.4, -0.2) is 40.9 Å². The first-order valence-electron chi connectivity index (χ1n) is 6.83. The molecule has 19 heavy (non-hydrogen) atoms. The van der Waals surface area contributed by atoms with E-state index in [1.54, 1.807) is 11.8 Å². The fraction of sp³-hybridized carbons (Fsp3) is 0.533. The zero-order valence-corrected chi connectivity index (χ0v) is 12.1. The molecule has 1 fully saturated rings. The minimum Gasteiger partial charge on any atom is -0.480 e. The molecule has 1 aromatic rings. The van der Waals surface area contributed by atoms with Gasteiger partial charge in [-0.05, 0) is 37.4 Å². The Balaban J connectivity index is 1.85. The molecule has 1 N–H and O–H groups in total. The molecule has 1 aromatic carbocycles. The molecule has 0 aliphatic carbocycles. The maximum atomic E-state index is 11.4.